The number of alkyl halides is 1. The first-order chi connectivity index (χ1) is 27.5. The second-order valence-corrected chi connectivity index (χ2v) is 16.1. The molecule has 320 valence electrons. The monoisotopic (exact) mass is 816 g/mol. The largest absolute Gasteiger partial charge is 0.444 e. The lowest BCUT2D eigenvalue weighted by molar-refractivity contribution is -0.138. The summed E-state index contributed by atoms with van der Waals surface area (Å²) in [5.41, 5.74) is 4.40. The zero-order valence-corrected chi connectivity index (χ0v) is 34.5. The molecule has 3 unspecified atom stereocenters. The van der Waals surface area contributed by atoms with Crippen molar-refractivity contribution >= 4 is 17.9 Å². The molecule has 0 radical (unpaired) electrons. The van der Waals surface area contributed by atoms with E-state index >= 15 is 8.78 Å². The molecule has 0 spiro atoms. The van der Waals surface area contributed by atoms with Gasteiger partial charge in [0.15, 0.2) is 0 Å². The van der Waals surface area contributed by atoms with Crippen LogP contribution in [0.3, 0.4) is 0 Å². The Morgan fingerprint density at radius 1 is 0.948 bits per heavy atom. The van der Waals surface area contributed by atoms with Crippen LogP contribution in [0.15, 0.2) is 54.7 Å². The number of nitrogens with zero attached hydrogens (tertiary/aromatic N) is 4. The van der Waals surface area contributed by atoms with Crippen LogP contribution in [0.25, 0.3) is 11.3 Å². The van der Waals surface area contributed by atoms with Crippen LogP contribution in [-0.4, -0.2) is 121 Å². The second-order valence-electron chi connectivity index (χ2n) is 16.1. The normalized spacial score (nSPS) is 16.3. The molecule has 1 aliphatic rings. The summed E-state index contributed by atoms with van der Waals surface area (Å²) < 4.78 is 69.2. The summed E-state index contributed by atoms with van der Waals surface area (Å²) in [6.45, 7) is 12.8. The van der Waals surface area contributed by atoms with E-state index in [0.717, 1.165) is 23.8 Å². The number of hydrogen-bond acceptors (Lipinski definition) is 9. The smallest absolute Gasteiger partial charge is 0.410 e. The molecule has 2 heterocycles. The van der Waals surface area contributed by atoms with Crippen molar-refractivity contribution in [1.82, 2.24) is 24.7 Å². The number of hydrogen-bond donors (Lipinski definition) is 2. The summed E-state index contributed by atoms with van der Waals surface area (Å²) in [5, 5.41) is 2.88. The summed E-state index contributed by atoms with van der Waals surface area (Å²) in [6, 6.07) is 11.5. The molecule has 1 fully saturated rings. The SMILES string of the molecule is CC(=O)N(CC1CN(C(=O)OC(C)(C)C)CC1F)C(c1nc(-c2cc(F)ccc2F)cn1Cc1ccccc1)C(C)(C)CC(=O)NCCOCCOCCOCCN. The van der Waals surface area contributed by atoms with Gasteiger partial charge < -0.3 is 44.4 Å². The molecule has 1 saturated heterocycles. The van der Waals surface area contributed by atoms with E-state index in [1.807, 2.05) is 30.3 Å². The highest BCUT2D eigenvalue weighted by atomic mass is 19.1. The summed E-state index contributed by atoms with van der Waals surface area (Å²) in [7, 11) is 0. The fraction of sp³-hybridized carbons (Fsp3) is 0.571. The van der Waals surface area contributed by atoms with Crippen LogP contribution in [0.1, 0.15) is 65.4 Å². The Labute approximate surface area is 339 Å². The number of imidazole rings is 1. The Balaban J connectivity index is 1.64. The number of aromatic nitrogens is 2. The number of nitrogens with one attached hydrogen (secondary N) is 1. The predicted molar refractivity (Wildman–Crippen MR) is 212 cm³/mol. The summed E-state index contributed by atoms with van der Waals surface area (Å²) >= 11 is 0. The van der Waals surface area contributed by atoms with Crippen LogP contribution in [0, 0.1) is 23.0 Å². The lowest BCUT2D eigenvalue weighted by Gasteiger charge is -2.42. The van der Waals surface area contributed by atoms with Gasteiger partial charge in [0.1, 0.15) is 29.2 Å². The molecular formula is C42H59F3N6O7. The molecule has 3 N–H and O–H groups in total. The van der Waals surface area contributed by atoms with Crippen molar-refractivity contribution in [2.75, 3.05) is 72.4 Å². The van der Waals surface area contributed by atoms with Gasteiger partial charge in [-0.15, -0.1) is 0 Å². The van der Waals surface area contributed by atoms with Crippen molar-refractivity contribution in [2.24, 2.45) is 17.1 Å². The van der Waals surface area contributed by atoms with Crippen molar-refractivity contribution in [1.29, 1.82) is 0 Å². The van der Waals surface area contributed by atoms with Gasteiger partial charge in [-0.05, 0) is 44.5 Å². The lowest BCUT2D eigenvalue weighted by Crippen LogP contribution is -2.47. The summed E-state index contributed by atoms with van der Waals surface area (Å²) in [4.78, 5) is 48.0. The zero-order chi connectivity index (χ0) is 42.5. The Kier molecular flexibility index (Phi) is 17.1. The standard InChI is InChI=1S/C42H59F3N6O7/c1-29(52)51(26-31-25-50(27-35(31)45)40(54)58-41(2,3)4)38(42(5,6)23-37(53)47-15-17-56-19-21-57-20-18-55-16-14-46)39-48-36(33-22-32(43)12-13-34(33)44)28-49(39)24-30-10-8-7-9-11-30/h7-13,22,28,31,35,38H,14-21,23-27,46H2,1-6H3,(H,47,53). The number of nitrogens with two attached hydrogens (primary N) is 1. The van der Waals surface area contributed by atoms with E-state index in [9.17, 15) is 18.8 Å². The fourth-order valence-electron chi connectivity index (χ4n) is 6.90. The van der Waals surface area contributed by atoms with E-state index in [1.165, 1.54) is 16.7 Å². The molecule has 1 aliphatic heterocycles. The quantitative estimate of drug-likeness (QED) is 0.133. The number of ether oxygens (including phenoxy) is 4. The highest BCUT2D eigenvalue weighted by molar-refractivity contribution is 5.77. The molecule has 3 amide bonds. The first kappa shape index (κ1) is 46.2. The van der Waals surface area contributed by atoms with E-state index in [1.54, 1.807) is 45.4 Å². The summed E-state index contributed by atoms with van der Waals surface area (Å²) in [5.74, 6) is -2.66. The van der Waals surface area contributed by atoms with E-state index in [-0.39, 0.29) is 68.7 Å². The molecule has 0 saturated carbocycles. The first-order valence-corrected chi connectivity index (χ1v) is 19.6. The molecule has 3 atom stereocenters. The number of carbonyl (C=O) groups excluding carboxylic acids is 3. The molecule has 1 aromatic heterocycles. The van der Waals surface area contributed by atoms with Gasteiger partial charge in [0, 0.05) is 69.2 Å². The second kappa shape index (κ2) is 21.5. The van der Waals surface area contributed by atoms with Gasteiger partial charge in [-0.2, -0.15) is 0 Å². The Morgan fingerprint density at radius 3 is 2.24 bits per heavy atom. The van der Waals surface area contributed by atoms with Gasteiger partial charge >= 0.3 is 6.09 Å². The van der Waals surface area contributed by atoms with E-state index in [0.29, 0.717) is 39.6 Å². The number of likely N-dealkylation sites (tertiary alicyclic amines) is 1. The molecule has 13 nitrogen and oxygen atoms in total. The maximum atomic E-state index is 15.9. The van der Waals surface area contributed by atoms with Crippen molar-refractivity contribution in [2.45, 2.75) is 72.3 Å². The van der Waals surface area contributed by atoms with Crippen LogP contribution >= 0.6 is 0 Å². The van der Waals surface area contributed by atoms with E-state index in [2.05, 4.69) is 5.32 Å². The van der Waals surface area contributed by atoms with Crippen LogP contribution in [0.5, 0.6) is 0 Å². The summed E-state index contributed by atoms with van der Waals surface area (Å²) in [6.07, 6.45) is -0.668. The first-order valence-electron chi connectivity index (χ1n) is 19.6. The number of amides is 3. The van der Waals surface area contributed by atoms with Crippen molar-refractivity contribution in [3.63, 3.8) is 0 Å². The van der Waals surface area contributed by atoms with Gasteiger partial charge in [0.2, 0.25) is 11.8 Å². The molecule has 0 bridgehead atoms. The average molecular weight is 817 g/mol. The molecule has 16 heteroatoms. The predicted octanol–water partition coefficient (Wildman–Crippen LogP) is 5.51. The minimum Gasteiger partial charge on any atom is -0.444 e. The molecule has 3 aromatic rings. The van der Waals surface area contributed by atoms with Crippen LogP contribution in [0.4, 0.5) is 18.0 Å². The molecule has 58 heavy (non-hydrogen) atoms. The molecule has 2 aromatic carbocycles. The third-order valence-electron chi connectivity index (χ3n) is 9.54. The minimum atomic E-state index is -1.49. The van der Waals surface area contributed by atoms with Crippen molar-refractivity contribution in [3.8, 4) is 11.3 Å². The van der Waals surface area contributed by atoms with E-state index < -0.39 is 52.8 Å². The molecule has 0 aliphatic carbocycles. The fourth-order valence-corrected chi connectivity index (χ4v) is 6.90. The van der Waals surface area contributed by atoms with E-state index in [4.69, 9.17) is 29.7 Å². The van der Waals surface area contributed by atoms with Gasteiger partial charge in [0.25, 0.3) is 0 Å². The van der Waals surface area contributed by atoms with Gasteiger partial charge in [-0.25, -0.2) is 22.9 Å². The third kappa shape index (κ3) is 13.8. The lowest BCUT2D eigenvalue weighted by atomic mass is 9.78. The van der Waals surface area contributed by atoms with Crippen LogP contribution < -0.4 is 11.1 Å². The molecule has 4 rings (SSSR count). The highest BCUT2D eigenvalue weighted by Crippen LogP contribution is 2.43. The number of carbonyl (C=O) groups is 3. The van der Waals surface area contributed by atoms with Crippen molar-refractivity contribution in [3.05, 3.63) is 77.8 Å². The average Bonchev–Trinajstić information content (AvgIpc) is 3.73. The Hall–Kier alpha value is -4.51. The third-order valence-corrected chi connectivity index (χ3v) is 9.54. The number of rotatable bonds is 21. The van der Waals surface area contributed by atoms with Crippen LogP contribution in [0.2, 0.25) is 0 Å². The zero-order valence-electron chi connectivity index (χ0n) is 34.5. The number of halogens is 3. The van der Waals surface area contributed by atoms with Crippen molar-refractivity contribution < 1.29 is 46.5 Å². The van der Waals surface area contributed by atoms with Gasteiger partial charge in [-0.1, -0.05) is 44.2 Å². The maximum absolute atomic E-state index is 15.9. The Morgan fingerprint density at radius 2 is 1.60 bits per heavy atom. The highest BCUT2D eigenvalue weighted by Gasteiger charge is 2.45. The number of benzene rings is 2. The molecular weight excluding hydrogens is 757 g/mol. The van der Waals surface area contributed by atoms with Gasteiger partial charge in [0.05, 0.1) is 57.9 Å². The van der Waals surface area contributed by atoms with Crippen LogP contribution in [-0.2, 0) is 35.1 Å². The topological polar surface area (TPSA) is 150 Å². The maximum Gasteiger partial charge on any atom is 0.410 e. The Bertz CT molecular complexity index is 1790. The van der Waals surface area contributed by atoms with Gasteiger partial charge in [-0.3, -0.25) is 9.59 Å². The minimum absolute atomic E-state index is 0.0151.